The fourth-order valence-electron chi connectivity index (χ4n) is 3.41. The molecule has 1 aliphatic rings. The van der Waals surface area contributed by atoms with Crippen LogP contribution in [0.25, 0.3) is 0 Å². The number of aryl methyl sites for hydroxylation is 1. The first-order valence-electron chi connectivity index (χ1n) is 10.7. The van der Waals surface area contributed by atoms with Crippen LogP contribution in [-0.2, 0) is 18.3 Å². The van der Waals surface area contributed by atoms with E-state index in [1.165, 1.54) is 12.1 Å². The standard InChI is InChI=1S/C21H31F2N7O.HI/c1-4-31-13-5-8-24-21(25-15-20-27-26-16(2)28(20)3)30-11-9-29(10-12-30)19-14-17(22)6-7-18(19)23;/h6-7,14H,4-5,8-13,15H2,1-3H3,(H,24,25);1H. The number of piperazine rings is 1. The highest BCUT2D eigenvalue weighted by Crippen LogP contribution is 2.22. The van der Waals surface area contributed by atoms with Gasteiger partial charge in [0, 0.05) is 59.1 Å². The van der Waals surface area contributed by atoms with Gasteiger partial charge in [0.1, 0.15) is 24.0 Å². The van der Waals surface area contributed by atoms with Gasteiger partial charge in [0.25, 0.3) is 0 Å². The minimum absolute atomic E-state index is 0. The minimum Gasteiger partial charge on any atom is -0.382 e. The van der Waals surface area contributed by atoms with E-state index in [2.05, 4.69) is 20.4 Å². The van der Waals surface area contributed by atoms with Gasteiger partial charge in [-0.25, -0.2) is 13.8 Å². The summed E-state index contributed by atoms with van der Waals surface area (Å²) in [5.74, 6) is 1.55. The summed E-state index contributed by atoms with van der Waals surface area (Å²) in [6.07, 6.45) is 0.865. The highest BCUT2D eigenvalue weighted by atomic mass is 127. The van der Waals surface area contributed by atoms with Crippen molar-refractivity contribution in [2.24, 2.45) is 12.0 Å². The Labute approximate surface area is 205 Å². The number of rotatable bonds is 8. The van der Waals surface area contributed by atoms with Crippen LogP contribution in [0.15, 0.2) is 23.2 Å². The van der Waals surface area contributed by atoms with Crippen LogP contribution < -0.4 is 10.2 Å². The molecule has 2 heterocycles. The zero-order valence-corrected chi connectivity index (χ0v) is 21.2. The van der Waals surface area contributed by atoms with E-state index in [-0.39, 0.29) is 24.0 Å². The lowest BCUT2D eigenvalue weighted by molar-refractivity contribution is 0.145. The van der Waals surface area contributed by atoms with E-state index >= 15 is 0 Å². The molecule has 0 atom stereocenters. The quantitative estimate of drug-likeness (QED) is 0.231. The monoisotopic (exact) mass is 563 g/mol. The Kier molecular flexibility index (Phi) is 10.6. The van der Waals surface area contributed by atoms with Gasteiger partial charge in [0.15, 0.2) is 11.8 Å². The Morgan fingerprint density at radius 2 is 1.94 bits per heavy atom. The molecular weight excluding hydrogens is 531 g/mol. The smallest absolute Gasteiger partial charge is 0.194 e. The van der Waals surface area contributed by atoms with E-state index in [1.807, 2.05) is 30.4 Å². The molecule has 0 bridgehead atoms. The van der Waals surface area contributed by atoms with Gasteiger partial charge in [-0.1, -0.05) is 0 Å². The third-order valence-electron chi connectivity index (χ3n) is 5.33. The molecule has 0 aliphatic carbocycles. The largest absolute Gasteiger partial charge is 0.382 e. The van der Waals surface area contributed by atoms with E-state index in [9.17, 15) is 8.78 Å². The average Bonchev–Trinajstić information content (AvgIpc) is 3.10. The highest BCUT2D eigenvalue weighted by Gasteiger charge is 2.22. The molecule has 0 spiro atoms. The highest BCUT2D eigenvalue weighted by molar-refractivity contribution is 14.0. The molecular formula is C21H32F2IN7O. The van der Waals surface area contributed by atoms with Gasteiger partial charge in [-0.3, -0.25) is 0 Å². The van der Waals surface area contributed by atoms with Crippen molar-refractivity contribution in [2.45, 2.75) is 26.8 Å². The molecule has 0 amide bonds. The zero-order chi connectivity index (χ0) is 22.2. The number of hydrogen-bond donors (Lipinski definition) is 1. The van der Waals surface area contributed by atoms with E-state index < -0.39 is 11.6 Å². The number of aliphatic imine (C=N–C) groups is 1. The number of halogens is 3. The van der Waals surface area contributed by atoms with Gasteiger partial charge in [0.05, 0.1) is 5.69 Å². The zero-order valence-electron chi connectivity index (χ0n) is 18.9. The molecule has 0 unspecified atom stereocenters. The minimum atomic E-state index is -0.434. The van der Waals surface area contributed by atoms with Crippen LogP contribution in [0.2, 0.25) is 0 Å². The molecule has 1 aliphatic heterocycles. The molecule has 3 rings (SSSR count). The molecule has 32 heavy (non-hydrogen) atoms. The van der Waals surface area contributed by atoms with E-state index in [4.69, 9.17) is 9.73 Å². The van der Waals surface area contributed by atoms with Crippen LogP contribution in [-0.4, -0.2) is 71.6 Å². The van der Waals surface area contributed by atoms with Crippen LogP contribution in [0.1, 0.15) is 25.0 Å². The third kappa shape index (κ3) is 6.99. The van der Waals surface area contributed by atoms with Crippen molar-refractivity contribution in [2.75, 3.05) is 50.8 Å². The Bertz CT molecular complexity index is 885. The van der Waals surface area contributed by atoms with Crippen LogP contribution >= 0.6 is 24.0 Å². The van der Waals surface area contributed by atoms with Crippen molar-refractivity contribution in [1.82, 2.24) is 25.0 Å². The van der Waals surface area contributed by atoms with Crippen LogP contribution in [0.4, 0.5) is 14.5 Å². The summed E-state index contributed by atoms with van der Waals surface area (Å²) in [4.78, 5) is 8.76. The molecule has 8 nitrogen and oxygen atoms in total. The fourth-order valence-corrected chi connectivity index (χ4v) is 3.41. The number of anilines is 1. The first kappa shape index (κ1) is 26.2. The molecule has 0 radical (unpaired) electrons. The SMILES string of the molecule is CCOCCCNC(=NCc1nnc(C)n1C)N1CCN(c2cc(F)ccc2F)CC1.I. The molecule has 178 valence electrons. The summed E-state index contributed by atoms with van der Waals surface area (Å²) < 4.78 is 35.0. The first-order valence-corrected chi connectivity index (χ1v) is 10.7. The number of benzene rings is 1. The van der Waals surface area contributed by atoms with Crippen LogP contribution in [0.5, 0.6) is 0 Å². The molecule has 2 aromatic rings. The van der Waals surface area contributed by atoms with Crippen molar-refractivity contribution >= 4 is 35.6 Å². The summed E-state index contributed by atoms with van der Waals surface area (Å²) in [5, 5.41) is 11.7. The second-order valence-electron chi connectivity index (χ2n) is 7.41. The molecule has 11 heteroatoms. The summed E-state index contributed by atoms with van der Waals surface area (Å²) in [7, 11) is 1.92. The van der Waals surface area contributed by atoms with Gasteiger partial charge >= 0.3 is 0 Å². The second-order valence-corrected chi connectivity index (χ2v) is 7.41. The predicted octanol–water partition coefficient (Wildman–Crippen LogP) is 2.71. The van der Waals surface area contributed by atoms with Crippen LogP contribution in [0, 0.1) is 18.6 Å². The summed E-state index contributed by atoms with van der Waals surface area (Å²) in [5.41, 5.74) is 0.303. The molecule has 1 aromatic carbocycles. The number of ether oxygens (including phenoxy) is 1. The predicted molar refractivity (Wildman–Crippen MR) is 132 cm³/mol. The molecule has 1 N–H and O–H groups in total. The van der Waals surface area contributed by atoms with Gasteiger partial charge in [0.2, 0.25) is 0 Å². The molecule has 0 saturated carbocycles. The van der Waals surface area contributed by atoms with Gasteiger partial charge in [-0.2, -0.15) is 0 Å². The number of nitrogens with one attached hydrogen (secondary N) is 1. The lowest BCUT2D eigenvalue weighted by Gasteiger charge is -2.37. The van der Waals surface area contributed by atoms with Crippen molar-refractivity contribution in [3.8, 4) is 0 Å². The number of nitrogens with zero attached hydrogens (tertiary/aromatic N) is 6. The van der Waals surface area contributed by atoms with E-state index in [0.29, 0.717) is 51.6 Å². The normalized spacial score (nSPS) is 14.5. The molecule has 1 fully saturated rings. The Hall–Kier alpha value is -2.02. The Balaban J connectivity index is 0.00000363. The van der Waals surface area contributed by atoms with Gasteiger partial charge < -0.3 is 24.4 Å². The maximum absolute atomic E-state index is 14.1. The topological polar surface area (TPSA) is 70.8 Å². The van der Waals surface area contributed by atoms with Crippen molar-refractivity contribution in [3.63, 3.8) is 0 Å². The van der Waals surface area contributed by atoms with Gasteiger partial charge in [-0.05, 0) is 32.4 Å². The number of aromatic nitrogens is 3. The third-order valence-corrected chi connectivity index (χ3v) is 5.33. The lowest BCUT2D eigenvalue weighted by atomic mass is 10.2. The Morgan fingerprint density at radius 1 is 1.19 bits per heavy atom. The number of guanidine groups is 1. The maximum Gasteiger partial charge on any atom is 0.194 e. The fraction of sp³-hybridized carbons (Fsp3) is 0.571. The van der Waals surface area contributed by atoms with Crippen molar-refractivity contribution in [3.05, 3.63) is 41.5 Å². The average molecular weight is 563 g/mol. The molecule has 1 aromatic heterocycles. The second kappa shape index (κ2) is 12.9. The Morgan fingerprint density at radius 3 is 2.59 bits per heavy atom. The van der Waals surface area contributed by atoms with E-state index in [0.717, 1.165) is 36.6 Å². The van der Waals surface area contributed by atoms with Gasteiger partial charge in [-0.15, -0.1) is 34.2 Å². The van der Waals surface area contributed by atoms with Crippen molar-refractivity contribution < 1.29 is 13.5 Å². The van der Waals surface area contributed by atoms with Crippen molar-refractivity contribution in [1.29, 1.82) is 0 Å². The van der Waals surface area contributed by atoms with E-state index in [1.54, 1.807) is 0 Å². The maximum atomic E-state index is 14.1. The van der Waals surface area contributed by atoms with Crippen LogP contribution in [0.3, 0.4) is 0 Å². The summed E-state index contributed by atoms with van der Waals surface area (Å²) >= 11 is 0. The first-order chi connectivity index (χ1) is 15.0. The number of hydrogen-bond acceptors (Lipinski definition) is 5. The summed E-state index contributed by atoms with van der Waals surface area (Å²) in [6, 6.07) is 3.56. The molecule has 1 saturated heterocycles. The lowest BCUT2D eigenvalue weighted by Crippen LogP contribution is -2.53. The summed E-state index contributed by atoms with van der Waals surface area (Å²) in [6.45, 7) is 8.83.